The largest absolute Gasteiger partial charge is 2.00 e. The Hall–Kier alpha value is -0.871. The maximum atomic E-state index is 9.44. The molecule has 0 saturated heterocycles. The van der Waals surface area contributed by atoms with Crippen molar-refractivity contribution in [1.82, 2.24) is 0 Å². The molecule has 0 atom stereocenters. The Morgan fingerprint density at radius 3 is 0.769 bits per heavy atom. The van der Waals surface area contributed by atoms with Crippen molar-refractivity contribution in [2.45, 2.75) is 27.7 Å². The number of hydrogen-bond donors (Lipinski definition) is 0. The van der Waals surface area contributed by atoms with Crippen molar-refractivity contribution in [3.63, 3.8) is 0 Å². The van der Waals surface area contributed by atoms with Gasteiger partial charge in [-0.15, -0.1) is 0 Å². The average Bonchev–Trinajstić information content (AvgIpc) is 1.54. The summed E-state index contributed by atoms with van der Waals surface area (Å²) in [5.41, 5.74) is 0. The summed E-state index contributed by atoms with van der Waals surface area (Å²) in [7, 11) is 0. The Balaban J connectivity index is -0.0000000450. The van der Waals surface area contributed by atoms with Crippen LogP contribution in [0.3, 0.4) is 0 Å². The normalized spacial score (nSPS) is 5.85. The predicted octanol–water partition coefficient (Wildman–Crippen LogP) is -1.89. The summed E-state index contributed by atoms with van der Waals surface area (Å²) < 4.78 is 0. The molecular formula is C7H12MnO5. The summed E-state index contributed by atoms with van der Waals surface area (Å²) in [5.74, 6) is -2.00. The van der Waals surface area contributed by atoms with Crippen LogP contribution in [0.25, 0.3) is 0 Å². The van der Waals surface area contributed by atoms with Gasteiger partial charge in [-0.25, -0.2) is 0 Å². The number of Topliss-reactive ketones (excluding diaryl/α,β-unsaturated/α-hetero) is 1. The number of rotatable bonds is 0. The van der Waals surface area contributed by atoms with Crippen LogP contribution >= 0.6 is 0 Å². The second-order valence-electron chi connectivity index (χ2n) is 1.89. The molecule has 0 aromatic rings. The molecule has 5 nitrogen and oxygen atoms in total. The van der Waals surface area contributed by atoms with Gasteiger partial charge in [0.25, 0.3) is 0 Å². The number of hydrogen-bond acceptors (Lipinski definition) is 5. The number of carboxylic acids is 2. The fraction of sp³-hybridized carbons (Fsp3) is 0.571. The summed E-state index contributed by atoms with van der Waals surface area (Å²) >= 11 is 0. The first-order chi connectivity index (χ1) is 5.20. The van der Waals surface area contributed by atoms with Crippen LogP contribution < -0.4 is 10.2 Å². The van der Waals surface area contributed by atoms with E-state index in [0.717, 1.165) is 13.8 Å². The quantitative estimate of drug-likeness (QED) is 0.454. The Bertz CT molecular complexity index is 114. The summed E-state index contributed by atoms with van der Waals surface area (Å²) in [6, 6.07) is 0. The smallest absolute Gasteiger partial charge is 0.550 e. The Kier molecular flexibility index (Phi) is 30.2. The van der Waals surface area contributed by atoms with Crippen LogP contribution in [-0.2, 0) is 31.5 Å². The zero-order chi connectivity index (χ0) is 10.7. The van der Waals surface area contributed by atoms with Gasteiger partial charge < -0.3 is 24.6 Å². The molecule has 0 aromatic carbocycles. The first-order valence-electron chi connectivity index (χ1n) is 3.02. The van der Waals surface area contributed by atoms with E-state index >= 15 is 0 Å². The van der Waals surface area contributed by atoms with E-state index in [1.54, 1.807) is 0 Å². The molecule has 0 amide bonds. The Labute approximate surface area is 87.6 Å². The summed E-state index contributed by atoms with van der Waals surface area (Å²) in [5, 5.41) is 17.8. The third kappa shape index (κ3) is 1220. The molecule has 0 spiro atoms. The zero-order valence-corrected chi connectivity index (χ0v) is 9.10. The molecule has 0 unspecified atom stereocenters. The van der Waals surface area contributed by atoms with Crippen LogP contribution in [0.5, 0.6) is 0 Å². The van der Waals surface area contributed by atoms with E-state index in [0.29, 0.717) is 0 Å². The second kappa shape index (κ2) is 17.3. The molecule has 0 bridgehead atoms. The number of aliphatic carboxylic acids is 2. The molecule has 0 aromatic heterocycles. The van der Waals surface area contributed by atoms with E-state index in [2.05, 4.69) is 0 Å². The summed E-state index contributed by atoms with van der Waals surface area (Å²) in [4.78, 5) is 27.2. The third-order valence-corrected chi connectivity index (χ3v) is 0. The van der Waals surface area contributed by atoms with Gasteiger partial charge in [0.1, 0.15) is 5.78 Å². The van der Waals surface area contributed by atoms with E-state index in [1.165, 1.54) is 13.8 Å². The molecule has 0 aliphatic rings. The van der Waals surface area contributed by atoms with Crippen molar-refractivity contribution in [3.8, 4) is 0 Å². The van der Waals surface area contributed by atoms with Gasteiger partial charge in [0.2, 0.25) is 0 Å². The molecule has 6 heteroatoms. The molecular weight excluding hydrogens is 219 g/mol. The third-order valence-electron chi connectivity index (χ3n) is 0. The van der Waals surface area contributed by atoms with Gasteiger partial charge in [0.15, 0.2) is 0 Å². The van der Waals surface area contributed by atoms with Gasteiger partial charge in [-0.1, -0.05) is 0 Å². The van der Waals surface area contributed by atoms with E-state index in [1.807, 2.05) is 0 Å². The van der Waals surface area contributed by atoms with Crippen molar-refractivity contribution in [2.24, 2.45) is 0 Å². The van der Waals surface area contributed by atoms with Crippen molar-refractivity contribution in [3.05, 3.63) is 0 Å². The maximum Gasteiger partial charge on any atom is 2.00 e. The molecule has 0 heterocycles. The van der Waals surface area contributed by atoms with Gasteiger partial charge in [0.05, 0.1) is 0 Å². The van der Waals surface area contributed by atoms with Gasteiger partial charge in [-0.3, -0.25) is 0 Å². The maximum absolute atomic E-state index is 9.44. The van der Waals surface area contributed by atoms with Crippen molar-refractivity contribution >= 4 is 17.7 Å². The Morgan fingerprint density at radius 1 is 0.769 bits per heavy atom. The van der Waals surface area contributed by atoms with Crippen molar-refractivity contribution in [2.75, 3.05) is 0 Å². The zero-order valence-electron chi connectivity index (χ0n) is 7.92. The van der Waals surface area contributed by atoms with Crippen LogP contribution in [0, 0.1) is 0 Å². The van der Waals surface area contributed by atoms with Crippen LogP contribution in [-0.4, -0.2) is 17.7 Å². The summed E-state index contributed by atoms with van der Waals surface area (Å²) in [6.07, 6.45) is 0. The second-order valence-corrected chi connectivity index (χ2v) is 1.89. The van der Waals surface area contributed by atoms with Gasteiger partial charge in [-0.2, -0.15) is 0 Å². The number of carboxylic acid groups (broad SMARTS) is 2. The molecule has 0 aliphatic carbocycles. The van der Waals surface area contributed by atoms with E-state index < -0.39 is 11.9 Å². The molecule has 13 heavy (non-hydrogen) atoms. The van der Waals surface area contributed by atoms with Gasteiger partial charge >= 0.3 is 17.1 Å². The summed E-state index contributed by atoms with van der Waals surface area (Å²) in [6.45, 7) is 5.00. The number of carbonyl (C=O) groups excluding carboxylic acids is 3. The van der Waals surface area contributed by atoms with E-state index in [9.17, 15) is 4.79 Å². The minimum Gasteiger partial charge on any atom is -0.550 e. The molecule has 0 N–H and O–H groups in total. The molecule has 77 valence electrons. The van der Waals surface area contributed by atoms with E-state index in [-0.39, 0.29) is 22.9 Å². The first-order valence-corrected chi connectivity index (χ1v) is 3.02. The topological polar surface area (TPSA) is 97.3 Å². The fourth-order valence-corrected chi connectivity index (χ4v) is 0. The van der Waals surface area contributed by atoms with Gasteiger partial charge in [0, 0.05) is 11.9 Å². The predicted molar refractivity (Wildman–Crippen MR) is 37.7 cm³/mol. The average molecular weight is 231 g/mol. The molecule has 0 fully saturated rings. The molecule has 0 aliphatic heterocycles. The van der Waals surface area contributed by atoms with Crippen molar-refractivity contribution in [1.29, 1.82) is 0 Å². The van der Waals surface area contributed by atoms with Crippen LogP contribution in [0.15, 0.2) is 0 Å². The first kappa shape index (κ1) is 22.7. The van der Waals surface area contributed by atoms with Crippen LogP contribution in [0.1, 0.15) is 27.7 Å². The number of ketones is 1. The van der Waals surface area contributed by atoms with E-state index in [4.69, 9.17) is 19.8 Å². The fourth-order valence-electron chi connectivity index (χ4n) is 0. The van der Waals surface area contributed by atoms with Crippen LogP contribution in [0.2, 0.25) is 0 Å². The Morgan fingerprint density at radius 2 is 0.769 bits per heavy atom. The SMILES string of the molecule is CC(=O)[O-].CC(=O)[O-].CC(C)=O.[Mn+2]. The molecule has 0 rings (SSSR count). The monoisotopic (exact) mass is 231 g/mol. The molecule has 1 radical (unpaired) electrons. The van der Waals surface area contributed by atoms with Crippen LogP contribution in [0.4, 0.5) is 0 Å². The van der Waals surface area contributed by atoms with Crippen molar-refractivity contribution < 1.29 is 41.7 Å². The standard InChI is InChI=1S/C3H6O.2C2H4O2.Mn/c1-3(2)4;2*1-2(3)4;/h1-2H3;2*1H3,(H,3,4);/q;;;+2/p-2. The minimum absolute atomic E-state index is 0. The number of carbonyl (C=O) groups is 3. The molecule has 0 saturated carbocycles. The van der Waals surface area contributed by atoms with Gasteiger partial charge in [-0.05, 0) is 27.7 Å². The minimum atomic E-state index is -1.08.